The van der Waals surface area contributed by atoms with Crippen molar-refractivity contribution < 1.29 is 14.3 Å². The summed E-state index contributed by atoms with van der Waals surface area (Å²) in [7, 11) is 1.58. The summed E-state index contributed by atoms with van der Waals surface area (Å²) in [6.45, 7) is 0.107. The van der Waals surface area contributed by atoms with Crippen LogP contribution in [0.3, 0.4) is 0 Å². The zero-order chi connectivity index (χ0) is 17.4. The Morgan fingerprint density at radius 2 is 1.83 bits per heavy atom. The van der Waals surface area contributed by atoms with Crippen LogP contribution in [0, 0.1) is 5.41 Å². The zero-order valence-electron chi connectivity index (χ0n) is 13.0. The molecular weight excluding hydrogens is 324 g/mol. The first kappa shape index (κ1) is 17.4. The molecule has 24 heavy (non-hydrogen) atoms. The standard InChI is InChI=1S/C18H16N2O3S/c1-22-15-9-7-14(8-10-15)20-17(24)16(11-19)18(21)23-12-13-5-3-2-4-6-13/h2-10,19H,12H2,1H3,(H,20,24). The Morgan fingerprint density at radius 1 is 1.17 bits per heavy atom. The van der Waals surface area contributed by atoms with Crippen LogP contribution in [-0.2, 0) is 16.1 Å². The van der Waals surface area contributed by atoms with Crippen LogP contribution >= 0.6 is 12.2 Å². The monoisotopic (exact) mass is 340 g/mol. The molecule has 0 spiro atoms. The molecule has 0 fully saturated rings. The molecule has 0 aliphatic rings. The number of methoxy groups -OCH3 is 1. The Balaban J connectivity index is 1.97. The highest BCUT2D eigenvalue weighted by Gasteiger charge is 2.17. The molecule has 5 nitrogen and oxygen atoms in total. The third-order valence-electron chi connectivity index (χ3n) is 3.12. The van der Waals surface area contributed by atoms with Crippen molar-refractivity contribution in [1.82, 2.24) is 0 Å². The fourth-order valence-electron chi connectivity index (χ4n) is 1.86. The number of benzene rings is 2. The molecule has 2 rings (SSSR count). The summed E-state index contributed by atoms with van der Waals surface area (Å²) in [4.78, 5) is 12.2. The SMILES string of the molecule is COc1ccc(NC(=S)C(=C=N)C(=O)OCc2ccccc2)cc1. The highest BCUT2D eigenvalue weighted by molar-refractivity contribution is 7.81. The lowest BCUT2D eigenvalue weighted by Gasteiger charge is -2.10. The lowest BCUT2D eigenvalue weighted by atomic mass is 10.2. The maximum atomic E-state index is 12.1. The zero-order valence-corrected chi connectivity index (χ0v) is 13.9. The van der Waals surface area contributed by atoms with Crippen molar-refractivity contribution in [2.45, 2.75) is 6.61 Å². The summed E-state index contributed by atoms with van der Waals surface area (Å²) >= 11 is 5.16. The first-order valence-electron chi connectivity index (χ1n) is 7.10. The van der Waals surface area contributed by atoms with E-state index in [4.69, 9.17) is 27.1 Å². The van der Waals surface area contributed by atoms with E-state index in [1.54, 1.807) is 31.4 Å². The van der Waals surface area contributed by atoms with Crippen molar-refractivity contribution in [3.8, 4) is 5.75 Å². The summed E-state index contributed by atoms with van der Waals surface area (Å²) < 4.78 is 10.2. The van der Waals surface area contributed by atoms with Gasteiger partial charge in [0.2, 0.25) is 0 Å². The van der Waals surface area contributed by atoms with Gasteiger partial charge in [-0.3, -0.25) is 5.41 Å². The topological polar surface area (TPSA) is 71.4 Å². The van der Waals surface area contributed by atoms with E-state index in [0.29, 0.717) is 11.4 Å². The van der Waals surface area contributed by atoms with Crippen molar-refractivity contribution in [1.29, 1.82) is 5.41 Å². The minimum absolute atomic E-state index is 0.0771. The Bertz CT molecular complexity index is 767. The second kappa shape index (κ2) is 8.62. The van der Waals surface area contributed by atoms with E-state index in [1.165, 1.54) is 0 Å². The number of carbonyl (C=O) groups is 1. The molecule has 122 valence electrons. The van der Waals surface area contributed by atoms with Crippen molar-refractivity contribution in [3.63, 3.8) is 0 Å². The van der Waals surface area contributed by atoms with E-state index in [-0.39, 0.29) is 17.2 Å². The molecule has 0 aliphatic carbocycles. The third-order valence-corrected chi connectivity index (χ3v) is 3.42. The van der Waals surface area contributed by atoms with Gasteiger partial charge in [-0.2, -0.15) is 0 Å². The first-order valence-corrected chi connectivity index (χ1v) is 7.51. The fourth-order valence-corrected chi connectivity index (χ4v) is 2.12. The highest BCUT2D eigenvalue weighted by atomic mass is 32.1. The number of esters is 1. The van der Waals surface area contributed by atoms with Crippen LogP contribution in [-0.4, -0.2) is 23.9 Å². The minimum atomic E-state index is -0.695. The van der Waals surface area contributed by atoms with Crippen molar-refractivity contribution in [3.05, 3.63) is 65.7 Å². The van der Waals surface area contributed by atoms with Crippen molar-refractivity contribution in [2.75, 3.05) is 12.4 Å². The van der Waals surface area contributed by atoms with Gasteiger partial charge in [0.05, 0.1) is 7.11 Å². The smallest absolute Gasteiger partial charge is 0.351 e. The molecule has 0 bridgehead atoms. The first-order chi connectivity index (χ1) is 11.6. The molecule has 0 radical (unpaired) electrons. The number of rotatable bonds is 6. The molecule has 2 aromatic rings. The van der Waals surface area contributed by atoms with Gasteiger partial charge in [-0.25, -0.2) is 4.79 Å². The van der Waals surface area contributed by atoms with E-state index >= 15 is 0 Å². The van der Waals surface area contributed by atoms with Crippen LogP contribution in [0.15, 0.2) is 60.2 Å². The van der Waals surface area contributed by atoms with Gasteiger partial charge in [0, 0.05) is 5.69 Å². The summed E-state index contributed by atoms with van der Waals surface area (Å²) in [5, 5.41) is 10.2. The number of carbonyl (C=O) groups excluding carboxylic acids is 1. The largest absolute Gasteiger partial charge is 0.497 e. The summed E-state index contributed by atoms with van der Waals surface area (Å²) in [6, 6.07) is 16.3. The Labute approximate surface area is 145 Å². The fraction of sp³-hybridized carbons (Fsp3) is 0.111. The van der Waals surface area contributed by atoms with Gasteiger partial charge < -0.3 is 14.8 Å². The highest BCUT2D eigenvalue weighted by Crippen LogP contribution is 2.16. The second-order valence-electron chi connectivity index (χ2n) is 4.74. The maximum absolute atomic E-state index is 12.1. The summed E-state index contributed by atoms with van der Waals surface area (Å²) in [5.41, 5.74) is 1.39. The lowest BCUT2D eigenvalue weighted by Crippen LogP contribution is -2.21. The maximum Gasteiger partial charge on any atom is 0.351 e. The predicted molar refractivity (Wildman–Crippen MR) is 96.7 cm³/mol. The molecule has 0 aromatic heterocycles. The van der Waals surface area contributed by atoms with Crippen molar-refractivity contribution >= 4 is 34.7 Å². The van der Waals surface area contributed by atoms with Crippen LogP contribution in [0.25, 0.3) is 0 Å². The second-order valence-corrected chi connectivity index (χ2v) is 5.15. The minimum Gasteiger partial charge on any atom is -0.497 e. The average molecular weight is 340 g/mol. The van der Waals surface area contributed by atoms with Gasteiger partial charge in [-0.15, -0.1) is 0 Å². The number of hydrogen-bond acceptors (Lipinski definition) is 5. The van der Waals surface area contributed by atoms with Crippen LogP contribution in [0.5, 0.6) is 5.75 Å². The van der Waals surface area contributed by atoms with Gasteiger partial charge in [-0.1, -0.05) is 42.5 Å². The molecule has 0 aliphatic heterocycles. The molecular formula is C18H16N2O3S. The third kappa shape index (κ3) is 4.78. The number of nitrogens with one attached hydrogen (secondary N) is 2. The molecule has 0 heterocycles. The van der Waals surface area contributed by atoms with E-state index < -0.39 is 5.97 Å². The number of ether oxygens (including phenoxy) is 2. The molecule has 0 atom stereocenters. The molecule has 6 heteroatoms. The van der Waals surface area contributed by atoms with Crippen LogP contribution in [0.1, 0.15) is 5.56 Å². The van der Waals surface area contributed by atoms with Gasteiger partial charge in [-0.05, 0) is 35.7 Å². The average Bonchev–Trinajstić information content (AvgIpc) is 2.62. The van der Waals surface area contributed by atoms with Gasteiger partial charge >= 0.3 is 5.97 Å². The number of hydrogen-bond donors (Lipinski definition) is 2. The van der Waals surface area contributed by atoms with Crippen molar-refractivity contribution in [2.24, 2.45) is 0 Å². The van der Waals surface area contributed by atoms with Crippen LogP contribution < -0.4 is 10.1 Å². The summed E-state index contributed by atoms with van der Waals surface area (Å²) in [6.07, 6.45) is 0. The molecule has 0 amide bonds. The molecule has 0 saturated carbocycles. The molecule has 0 saturated heterocycles. The molecule has 2 N–H and O–H groups in total. The molecule has 2 aromatic carbocycles. The normalized spacial score (nSPS) is 9.54. The Hall–Kier alpha value is -2.95. The van der Waals surface area contributed by atoms with Crippen LogP contribution in [0.2, 0.25) is 0 Å². The number of anilines is 1. The van der Waals surface area contributed by atoms with Gasteiger partial charge in [0.15, 0.2) is 5.57 Å². The van der Waals surface area contributed by atoms with E-state index in [0.717, 1.165) is 5.56 Å². The predicted octanol–water partition coefficient (Wildman–Crippen LogP) is 3.35. The van der Waals surface area contributed by atoms with E-state index in [9.17, 15) is 4.79 Å². The quantitative estimate of drug-likeness (QED) is 0.365. The van der Waals surface area contributed by atoms with Crippen LogP contribution in [0.4, 0.5) is 5.69 Å². The lowest BCUT2D eigenvalue weighted by molar-refractivity contribution is -0.139. The van der Waals surface area contributed by atoms with Gasteiger partial charge in [0.25, 0.3) is 0 Å². The van der Waals surface area contributed by atoms with E-state index in [2.05, 4.69) is 5.32 Å². The summed E-state index contributed by atoms with van der Waals surface area (Å²) in [5.74, 6) is 2.05. The molecule has 0 unspecified atom stereocenters. The van der Waals surface area contributed by atoms with Gasteiger partial charge in [0.1, 0.15) is 17.3 Å². The van der Waals surface area contributed by atoms with E-state index in [1.807, 2.05) is 36.2 Å². The Kier molecular flexibility index (Phi) is 6.25. The Morgan fingerprint density at radius 3 is 2.42 bits per heavy atom. The number of thiocarbonyl (C=S) groups is 1.